The Morgan fingerprint density at radius 1 is 1.40 bits per heavy atom. The maximum Gasteiger partial charge on any atom is 0.245 e. The lowest BCUT2D eigenvalue weighted by Crippen LogP contribution is -2.41. The molecule has 1 aliphatic rings. The topological polar surface area (TPSA) is 72.6 Å². The van der Waals surface area contributed by atoms with Crippen molar-refractivity contribution in [3.63, 3.8) is 0 Å². The van der Waals surface area contributed by atoms with Crippen molar-refractivity contribution in [3.05, 3.63) is 23.2 Å². The first-order chi connectivity index (χ1) is 9.45. The van der Waals surface area contributed by atoms with Crippen molar-refractivity contribution in [2.24, 2.45) is 0 Å². The highest BCUT2D eigenvalue weighted by atomic mass is 35.5. The van der Waals surface area contributed by atoms with Crippen molar-refractivity contribution in [1.29, 1.82) is 0 Å². The zero-order valence-corrected chi connectivity index (χ0v) is 13.0. The van der Waals surface area contributed by atoms with E-state index in [4.69, 9.17) is 22.1 Å². The molecule has 0 saturated carbocycles. The van der Waals surface area contributed by atoms with Gasteiger partial charge >= 0.3 is 0 Å². The summed E-state index contributed by atoms with van der Waals surface area (Å²) < 4.78 is 32.1. The molecule has 5 nitrogen and oxygen atoms in total. The van der Waals surface area contributed by atoms with Gasteiger partial charge < -0.3 is 10.5 Å². The van der Waals surface area contributed by atoms with Crippen LogP contribution in [-0.2, 0) is 14.8 Å². The molecule has 0 atom stereocenters. The number of sulfonamides is 1. The summed E-state index contributed by atoms with van der Waals surface area (Å²) in [6, 6.07) is 4.50. The van der Waals surface area contributed by atoms with Crippen molar-refractivity contribution >= 4 is 27.3 Å². The fourth-order valence-corrected chi connectivity index (χ4v) is 4.19. The van der Waals surface area contributed by atoms with E-state index < -0.39 is 10.0 Å². The number of rotatable bonds is 4. The molecule has 0 radical (unpaired) electrons. The van der Waals surface area contributed by atoms with E-state index in [1.165, 1.54) is 16.4 Å². The fraction of sp³-hybridized carbons (Fsp3) is 0.538. The van der Waals surface area contributed by atoms with Crippen LogP contribution < -0.4 is 5.73 Å². The maximum absolute atomic E-state index is 12.6. The molecule has 7 heteroatoms. The second kappa shape index (κ2) is 6.30. The van der Waals surface area contributed by atoms with Gasteiger partial charge in [0, 0.05) is 24.7 Å². The highest BCUT2D eigenvalue weighted by Gasteiger charge is 2.30. The molecule has 2 rings (SSSR count). The largest absolute Gasteiger partial charge is 0.398 e. The molecule has 20 heavy (non-hydrogen) atoms. The van der Waals surface area contributed by atoms with Crippen LogP contribution in [-0.4, -0.2) is 38.5 Å². The SMILES string of the molecule is CCOC1CCN(S(=O)(=O)c2cc(Cl)ccc2N)CC1. The maximum atomic E-state index is 12.6. The highest BCUT2D eigenvalue weighted by molar-refractivity contribution is 7.89. The predicted molar refractivity (Wildman–Crippen MR) is 79.3 cm³/mol. The van der Waals surface area contributed by atoms with Gasteiger partial charge in [0.05, 0.1) is 11.8 Å². The minimum absolute atomic E-state index is 0.0832. The summed E-state index contributed by atoms with van der Waals surface area (Å²) in [5.41, 5.74) is 5.99. The van der Waals surface area contributed by atoms with Crippen LogP contribution in [0.15, 0.2) is 23.1 Å². The zero-order chi connectivity index (χ0) is 14.8. The normalized spacial score (nSPS) is 18.3. The lowest BCUT2D eigenvalue weighted by molar-refractivity contribution is 0.0290. The molecule has 1 saturated heterocycles. The van der Waals surface area contributed by atoms with Gasteiger partial charge in [0.15, 0.2) is 0 Å². The molecule has 1 fully saturated rings. The molecule has 0 aromatic heterocycles. The highest BCUT2D eigenvalue weighted by Crippen LogP contribution is 2.28. The van der Waals surface area contributed by atoms with E-state index in [9.17, 15) is 8.42 Å². The van der Waals surface area contributed by atoms with Gasteiger partial charge in [0.2, 0.25) is 10.0 Å². The molecular weight excluding hydrogens is 300 g/mol. The molecule has 0 aliphatic carbocycles. The zero-order valence-electron chi connectivity index (χ0n) is 11.4. The van der Waals surface area contributed by atoms with E-state index in [0.29, 0.717) is 37.6 Å². The van der Waals surface area contributed by atoms with E-state index in [1.54, 1.807) is 6.07 Å². The number of hydrogen-bond donors (Lipinski definition) is 1. The quantitative estimate of drug-likeness (QED) is 0.863. The second-order valence-corrected chi connectivity index (χ2v) is 7.08. The van der Waals surface area contributed by atoms with Crippen LogP contribution in [0.25, 0.3) is 0 Å². The number of piperidine rings is 1. The lowest BCUT2D eigenvalue weighted by atomic mass is 10.1. The van der Waals surface area contributed by atoms with Gasteiger partial charge in [-0.05, 0) is 38.0 Å². The fourth-order valence-electron chi connectivity index (χ4n) is 2.35. The Morgan fingerprint density at radius 2 is 2.05 bits per heavy atom. The number of ether oxygens (including phenoxy) is 1. The van der Waals surface area contributed by atoms with Crippen molar-refractivity contribution in [2.45, 2.75) is 30.8 Å². The molecule has 0 amide bonds. The molecular formula is C13H19ClN2O3S. The van der Waals surface area contributed by atoms with Crippen molar-refractivity contribution < 1.29 is 13.2 Å². The molecule has 0 spiro atoms. The van der Waals surface area contributed by atoms with Crippen LogP contribution in [0.5, 0.6) is 0 Å². The Kier molecular flexibility index (Phi) is 4.90. The average molecular weight is 319 g/mol. The molecule has 0 bridgehead atoms. The number of halogens is 1. The van der Waals surface area contributed by atoms with E-state index in [2.05, 4.69) is 0 Å². The van der Waals surface area contributed by atoms with E-state index >= 15 is 0 Å². The van der Waals surface area contributed by atoms with Gasteiger partial charge in [-0.15, -0.1) is 0 Å². The van der Waals surface area contributed by atoms with Gasteiger partial charge in [0.25, 0.3) is 0 Å². The van der Waals surface area contributed by atoms with Crippen LogP contribution in [0.2, 0.25) is 5.02 Å². The Morgan fingerprint density at radius 3 is 2.65 bits per heavy atom. The minimum Gasteiger partial charge on any atom is -0.398 e. The van der Waals surface area contributed by atoms with Crippen LogP contribution >= 0.6 is 11.6 Å². The van der Waals surface area contributed by atoms with Crippen LogP contribution in [0.4, 0.5) is 5.69 Å². The number of anilines is 1. The monoisotopic (exact) mass is 318 g/mol. The average Bonchev–Trinajstić information content (AvgIpc) is 2.42. The molecule has 1 heterocycles. The van der Waals surface area contributed by atoms with Crippen molar-refractivity contribution in [3.8, 4) is 0 Å². The van der Waals surface area contributed by atoms with Crippen LogP contribution in [0.3, 0.4) is 0 Å². The van der Waals surface area contributed by atoms with E-state index in [0.717, 1.165) is 0 Å². The summed E-state index contributed by atoms with van der Waals surface area (Å²) >= 11 is 5.87. The molecule has 2 N–H and O–H groups in total. The number of nitrogens with zero attached hydrogens (tertiary/aromatic N) is 1. The summed E-state index contributed by atoms with van der Waals surface area (Å²) in [6.45, 7) is 3.48. The summed E-state index contributed by atoms with van der Waals surface area (Å²) in [5, 5.41) is 0.363. The summed E-state index contributed by atoms with van der Waals surface area (Å²) in [6.07, 6.45) is 1.55. The Labute approximate surface area is 124 Å². The van der Waals surface area contributed by atoms with Crippen molar-refractivity contribution in [2.75, 3.05) is 25.4 Å². The van der Waals surface area contributed by atoms with Gasteiger partial charge in [-0.1, -0.05) is 11.6 Å². The van der Waals surface area contributed by atoms with Crippen LogP contribution in [0, 0.1) is 0 Å². The second-order valence-electron chi connectivity index (χ2n) is 4.74. The van der Waals surface area contributed by atoms with Gasteiger partial charge in [0.1, 0.15) is 4.90 Å². The summed E-state index contributed by atoms with van der Waals surface area (Å²) in [7, 11) is -3.59. The van der Waals surface area contributed by atoms with Gasteiger partial charge in [-0.2, -0.15) is 4.31 Å². The molecule has 1 aliphatic heterocycles. The number of benzene rings is 1. The first-order valence-electron chi connectivity index (χ1n) is 6.62. The molecule has 1 aromatic rings. The lowest BCUT2D eigenvalue weighted by Gasteiger charge is -2.31. The molecule has 112 valence electrons. The van der Waals surface area contributed by atoms with Crippen molar-refractivity contribution in [1.82, 2.24) is 4.31 Å². The standard InChI is InChI=1S/C13H19ClN2O3S/c1-2-19-11-5-7-16(8-6-11)20(17,18)13-9-10(14)3-4-12(13)15/h3-4,9,11H,2,5-8,15H2,1H3. The Hall–Kier alpha value is -0.820. The summed E-state index contributed by atoms with van der Waals surface area (Å²) in [4.78, 5) is 0.0832. The van der Waals surface area contributed by atoms with Gasteiger partial charge in [-0.25, -0.2) is 8.42 Å². The minimum atomic E-state index is -3.59. The first kappa shape index (κ1) is 15.6. The number of nitrogen functional groups attached to an aromatic ring is 1. The third kappa shape index (κ3) is 3.25. The third-order valence-corrected chi connectivity index (χ3v) is 5.59. The van der Waals surface area contributed by atoms with Crippen LogP contribution in [0.1, 0.15) is 19.8 Å². The Balaban J connectivity index is 2.18. The number of nitrogens with two attached hydrogens (primary N) is 1. The number of hydrogen-bond acceptors (Lipinski definition) is 4. The van der Waals surface area contributed by atoms with E-state index in [1.807, 2.05) is 6.92 Å². The third-order valence-electron chi connectivity index (χ3n) is 3.40. The predicted octanol–water partition coefficient (Wildman–Crippen LogP) is 2.11. The van der Waals surface area contributed by atoms with E-state index in [-0.39, 0.29) is 16.7 Å². The summed E-state index contributed by atoms with van der Waals surface area (Å²) in [5.74, 6) is 0. The Bertz CT molecular complexity index is 569. The molecule has 1 aromatic carbocycles. The molecule has 0 unspecified atom stereocenters. The smallest absolute Gasteiger partial charge is 0.245 e. The first-order valence-corrected chi connectivity index (χ1v) is 8.43. The van der Waals surface area contributed by atoms with Gasteiger partial charge in [-0.3, -0.25) is 0 Å².